The number of aromatic carboxylic acids is 1. The van der Waals surface area contributed by atoms with E-state index in [1.54, 1.807) is 12.1 Å². The number of rotatable bonds is 8. The number of hydrogen-bond acceptors (Lipinski definition) is 7. The molecule has 0 aliphatic carbocycles. The van der Waals surface area contributed by atoms with Gasteiger partial charge in [-0.15, -0.1) is 11.3 Å². The maximum atomic E-state index is 12.8. The minimum atomic E-state index is -3.99. The molecule has 0 bridgehead atoms. The second-order valence-electron chi connectivity index (χ2n) is 5.17. The summed E-state index contributed by atoms with van der Waals surface area (Å²) in [5.74, 6) is -0.141. The molecule has 1 aromatic heterocycles. The van der Waals surface area contributed by atoms with Crippen LogP contribution >= 0.6 is 11.3 Å². The molecule has 1 N–H and O–H groups in total. The van der Waals surface area contributed by atoms with Crippen LogP contribution in [0.5, 0.6) is 17.2 Å². The third kappa shape index (κ3) is 3.62. The van der Waals surface area contributed by atoms with Gasteiger partial charge in [-0.25, -0.2) is 13.2 Å². The van der Waals surface area contributed by atoms with Crippen LogP contribution in [0, 0.1) is 0 Å². The van der Waals surface area contributed by atoms with Crippen molar-refractivity contribution in [3.63, 3.8) is 0 Å². The quantitative estimate of drug-likeness (QED) is 0.724. The van der Waals surface area contributed by atoms with Gasteiger partial charge in [-0.2, -0.15) is 4.31 Å². The molecule has 8 nitrogen and oxygen atoms in total. The predicted octanol–water partition coefficient (Wildman–Crippen LogP) is 2.29. The summed E-state index contributed by atoms with van der Waals surface area (Å²) in [6.07, 6.45) is 0. The lowest BCUT2D eigenvalue weighted by molar-refractivity contribution is 0.0698. The Kier molecular flexibility index (Phi) is 6.11. The Labute approximate surface area is 155 Å². The molecule has 142 valence electrons. The zero-order valence-electron chi connectivity index (χ0n) is 14.7. The molecule has 0 radical (unpaired) electrons. The molecule has 0 spiro atoms. The number of methoxy groups -OCH3 is 3. The van der Waals surface area contributed by atoms with E-state index in [0.717, 1.165) is 15.6 Å². The predicted molar refractivity (Wildman–Crippen MR) is 96.0 cm³/mol. The van der Waals surface area contributed by atoms with E-state index in [-0.39, 0.29) is 16.3 Å². The summed E-state index contributed by atoms with van der Waals surface area (Å²) in [5.41, 5.74) is 0.545. The zero-order chi connectivity index (χ0) is 19.5. The minimum Gasteiger partial charge on any atom is -0.493 e. The van der Waals surface area contributed by atoms with E-state index in [1.165, 1.54) is 39.8 Å². The Morgan fingerprint density at radius 2 is 1.77 bits per heavy atom. The van der Waals surface area contributed by atoms with Gasteiger partial charge in [0.25, 0.3) is 0 Å². The van der Waals surface area contributed by atoms with Crippen LogP contribution in [0.15, 0.2) is 28.5 Å². The maximum absolute atomic E-state index is 12.8. The van der Waals surface area contributed by atoms with Crippen molar-refractivity contribution in [3.05, 3.63) is 34.0 Å². The lowest BCUT2D eigenvalue weighted by Crippen LogP contribution is -2.27. The molecule has 1 aromatic carbocycles. The summed E-state index contributed by atoms with van der Waals surface area (Å²) in [5, 5.41) is 10.6. The van der Waals surface area contributed by atoms with Crippen LogP contribution < -0.4 is 14.2 Å². The Hall–Kier alpha value is -2.30. The van der Waals surface area contributed by atoms with Gasteiger partial charge in [0.2, 0.25) is 15.8 Å². The molecule has 2 rings (SSSR count). The highest BCUT2D eigenvalue weighted by molar-refractivity contribution is 7.89. The summed E-state index contributed by atoms with van der Waals surface area (Å²) in [6, 6.07) is 4.59. The van der Waals surface area contributed by atoms with Crippen LogP contribution in [0.1, 0.15) is 15.2 Å². The molecular formula is C16H19NO7S2. The van der Waals surface area contributed by atoms with E-state index in [9.17, 15) is 18.3 Å². The standard InChI is InChI=1S/C16H19NO7S2/c1-17(26(20,21)12-7-8-25-15(12)16(18)19)9-10-5-6-11(22-2)14(24-4)13(10)23-3/h5-8H,9H2,1-4H3,(H,18,19). The minimum absolute atomic E-state index is 0.0409. The van der Waals surface area contributed by atoms with E-state index in [0.29, 0.717) is 22.8 Å². The van der Waals surface area contributed by atoms with Crippen LogP contribution in [0.4, 0.5) is 0 Å². The number of hydrogen-bond donors (Lipinski definition) is 1. The Morgan fingerprint density at radius 1 is 1.12 bits per heavy atom. The van der Waals surface area contributed by atoms with Crippen molar-refractivity contribution in [3.8, 4) is 17.2 Å². The van der Waals surface area contributed by atoms with Crippen LogP contribution in [0.3, 0.4) is 0 Å². The number of carboxylic acids is 1. The Balaban J connectivity index is 2.42. The fraction of sp³-hybridized carbons (Fsp3) is 0.312. The molecule has 0 saturated heterocycles. The summed E-state index contributed by atoms with van der Waals surface area (Å²) < 4.78 is 42.5. The van der Waals surface area contributed by atoms with Crippen molar-refractivity contribution in [1.82, 2.24) is 4.31 Å². The fourth-order valence-corrected chi connectivity index (χ4v) is 4.82. The third-order valence-electron chi connectivity index (χ3n) is 3.69. The number of ether oxygens (including phenoxy) is 3. The maximum Gasteiger partial charge on any atom is 0.347 e. The topological polar surface area (TPSA) is 102 Å². The van der Waals surface area contributed by atoms with E-state index in [2.05, 4.69) is 0 Å². The van der Waals surface area contributed by atoms with E-state index < -0.39 is 16.0 Å². The first kappa shape index (κ1) is 20.0. The number of benzene rings is 1. The average Bonchev–Trinajstić information content (AvgIpc) is 3.11. The molecule has 0 saturated carbocycles. The van der Waals surface area contributed by atoms with Gasteiger partial charge in [0, 0.05) is 19.2 Å². The molecule has 0 atom stereocenters. The monoisotopic (exact) mass is 401 g/mol. The van der Waals surface area contributed by atoms with Crippen molar-refractivity contribution in [2.24, 2.45) is 0 Å². The third-order valence-corrected chi connectivity index (χ3v) is 6.57. The van der Waals surface area contributed by atoms with Crippen molar-refractivity contribution in [2.75, 3.05) is 28.4 Å². The molecular weight excluding hydrogens is 382 g/mol. The molecule has 0 aliphatic rings. The molecule has 0 unspecified atom stereocenters. The molecule has 0 amide bonds. The second kappa shape index (κ2) is 7.94. The highest BCUT2D eigenvalue weighted by Gasteiger charge is 2.29. The van der Waals surface area contributed by atoms with E-state index in [4.69, 9.17) is 14.2 Å². The van der Waals surface area contributed by atoms with Crippen LogP contribution in [-0.4, -0.2) is 52.2 Å². The number of sulfonamides is 1. The van der Waals surface area contributed by atoms with Gasteiger partial charge in [0.1, 0.15) is 9.77 Å². The molecule has 0 fully saturated rings. The van der Waals surface area contributed by atoms with Crippen molar-refractivity contribution in [1.29, 1.82) is 0 Å². The number of nitrogens with zero attached hydrogens (tertiary/aromatic N) is 1. The molecule has 10 heteroatoms. The number of thiophene rings is 1. The van der Waals surface area contributed by atoms with Gasteiger partial charge < -0.3 is 19.3 Å². The largest absolute Gasteiger partial charge is 0.493 e. The summed E-state index contributed by atoms with van der Waals surface area (Å²) in [7, 11) is 1.75. The normalized spacial score (nSPS) is 11.4. The summed E-state index contributed by atoms with van der Waals surface area (Å²) >= 11 is 0.860. The Morgan fingerprint density at radius 3 is 2.31 bits per heavy atom. The molecule has 1 heterocycles. The average molecular weight is 401 g/mol. The van der Waals surface area contributed by atoms with Crippen LogP contribution in [0.25, 0.3) is 0 Å². The van der Waals surface area contributed by atoms with Crippen molar-refractivity contribution < 1.29 is 32.5 Å². The van der Waals surface area contributed by atoms with Crippen molar-refractivity contribution >= 4 is 27.3 Å². The first-order chi connectivity index (χ1) is 12.3. The van der Waals surface area contributed by atoms with Gasteiger partial charge in [-0.1, -0.05) is 6.07 Å². The zero-order valence-corrected chi connectivity index (χ0v) is 16.3. The smallest absolute Gasteiger partial charge is 0.347 e. The molecule has 0 aliphatic heterocycles. The number of carboxylic acid groups (broad SMARTS) is 1. The van der Waals surface area contributed by atoms with Gasteiger partial charge in [0.05, 0.1) is 21.3 Å². The highest BCUT2D eigenvalue weighted by atomic mass is 32.2. The first-order valence-electron chi connectivity index (χ1n) is 7.32. The number of carbonyl (C=O) groups is 1. The highest BCUT2D eigenvalue weighted by Crippen LogP contribution is 2.40. The molecule has 26 heavy (non-hydrogen) atoms. The van der Waals surface area contributed by atoms with Crippen LogP contribution in [-0.2, 0) is 16.6 Å². The van der Waals surface area contributed by atoms with Crippen molar-refractivity contribution in [2.45, 2.75) is 11.4 Å². The van der Waals surface area contributed by atoms with Gasteiger partial charge in [-0.05, 0) is 17.5 Å². The van der Waals surface area contributed by atoms with E-state index in [1.807, 2.05) is 0 Å². The lowest BCUT2D eigenvalue weighted by atomic mass is 10.1. The second-order valence-corrected chi connectivity index (χ2v) is 8.10. The van der Waals surface area contributed by atoms with Gasteiger partial charge in [0.15, 0.2) is 11.5 Å². The Bertz CT molecular complexity index is 905. The lowest BCUT2D eigenvalue weighted by Gasteiger charge is -2.20. The molecule has 2 aromatic rings. The van der Waals surface area contributed by atoms with E-state index >= 15 is 0 Å². The van der Waals surface area contributed by atoms with Gasteiger partial charge >= 0.3 is 5.97 Å². The van der Waals surface area contributed by atoms with Gasteiger partial charge in [-0.3, -0.25) is 0 Å². The SMILES string of the molecule is COc1ccc(CN(C)S(=O)(=O)c2ccsc2C(=O)O)c(OC)c1OC. The first-order valence-corrected chi connectivity index (χ1v) is 9.64. The summed E-state index contributed by atoms with van der Waals surface area (Å²) in [4.78, 5) is 10.8. The van der Waals surface area contributed by atoms with Crippen LogP contribution in [0.2, 0.25) is 0 Å². The summed E-state index contributed by atoms with van der Waals surface area (Å²) in [6.45, 7) is -0.0409. The fourth-order valence-electron chi connectivity index (χ4n) is 2.44.